The van der Waals surface area contributed by atoms with Crippen molar-refractivity contribution in [3.8, 4) is 11.5 Å². The summed E-state index contributed by atoms with van der Waals surface area (Å²) in [5.41, 5.74) is 3.86. The van der Waals surface area contributed by atoms with Gasteiger partial charge in [-0.3, -0.25) is 14.8 Å². The highest BCUT2D eigenvalue weighted by atomic mass is 16.5. The first kappa shape index (κ1) is 24.2. The van der Waals surface area contributed by atoms with Gasteiger partial charge in [0, 0.05) is 61.3 Å². The SMILES string of the molecule is COc1cc(CCc2cc(NC(=O)c3ccc(N4CCN(C5CCC5)CC4)cc3)n[nH]2)cc(OC)c1. The maximum atomic E-state index is 12.8. The molecule has 190 valence electrons. The summed E-state index contributed by atoms with van der Waals surface area (Å²) in [6.45, 7) is 4.33. The molecule has 2 aliphatic rings. The summed E-state index contributed by atoms with van der Waals surface area (Å²) < 4.78 is 10.7. The largest absolute Gasteiger partial charge is 0.497 e. The second-order valence-corrected chi connectivity index (χ2v) is 9.61. The van der Waals surface area contributed by atoms with E-state index in [0.717, 1.165) is 67.8 Å². The average molecular weight is 490 g/mol. The number of nitrogens with one attached hydrogen (secondary N) is 2. The van der Waals surface area contributed by atoms with Crippen LogP contribution in [0.1, 0.15) is 40.9 Å². The number of hydrogen-bond acceptors (Lipinski definition) is 6. The molecule has 1 saturated heterocycles. The number of rotatable bonds is 9. The summed E-state index contributed by atoms with van der Waals surface area (Å²) >= 11 is 0. The van der Waals surface area contributed by atoms with Gasteiger partial charge in [0.15, 0.2) is 5.82 Å². The molecule has 1 aromatic heterocycles. The number of nitrogens with zero attached hydrogens (tertiary/aromatic N) is 3. The van der Waals surface area contributed by atoms with Crippen molar-refractivity contribution in [2.24, 2.45) is 0 Å². The average Bonchev–Trinajstić information content (AvgIpc) is 3.34. The number of benzene rings is 2. The molecule has 8 heteroatoms. The van der Waals surface area contributed by atoms with E-state index in [0.29, 0.717) is 11.4 Å². The lowest BCUT2D eigenvalue weighted by molar-refractivity contribution is 0.102. The van der Waals surface area contributed by atoms with Gasteiger partial charge in [0.2, 0.25) is 0 Å². The molecule has 3 aromatic rings. The summed E-state index contributed by atoms with van der Waals surface area (Å²) in [5.74, 6) is 1.90. The molecule has 2 heterocycles. The molecule has 1 amide bonds. The Morgan fingerprint density at radius 2 is 1.67 bits per heavy atom. The van der Waals surface area contributed by atoms with Crippen molar-refractivity contribution >= 4 is 17.4 Å². The van der Waals surface area contributed by atoms with Crippen LogP contribution in [0.15, 0.2) is 48.5 Å². The topological polar surface area (TPSA) is 82.7 Å². The van der Waals surface area contributed by atoms with Gasteiger partial charge in [-0.1, -0.05) is 6.42 Å². The number of carbonyl (C=O) groups is 1. The maximum Gasteiger partial charge on any atom is 0.256 e. The lowest BCUT2D eigenvalue weighted by Gasteiger charge is -2.43. The first-order valence-corrected chi connectivity index (χ1v) is 12.8. The zero-order valence-electron chi connectivity index (χ0n) is 21.1. The van der Waals surface area contributed by atoms with Gasteiger partial charge in [-0.25, -0.2) is 0 Å². The van der Waals surface area contributed by atoms with Gasteiger partial charge >= 0.3 is 0 Å². The summed E-state index contributed by atoms with van der Waals surface area (Å²) in [5, 5.41) is 10.2. The van der Waals surface area contributed by atoms with Crippen LogP contribution in [0.5, 0.6) is 11.5 Å². The van der Waals surface area contributed by atoms with Crippen molar-refractivity contribution < 1.29 is 14.3 Å². The minimum Gasteiger partial charge on any atom is -0.497 e. The number of amides is 1. The van der Waals surface area contributed by atoms with E-state index < -0.39 is 0 Å². The van der Waals surface area contributed by atoms with E-state index in [2.05, 4.69) is 25.3 Å². The van der Waals surface area contributed by atoms with Crippen molar-refractivity contribution in [2.45, 2.75) is 38.1 Å². The van der Waals surface area contributed by atoms with Gasteiger partial charge in [0.05, 0.1) is 14.2 Å². The Balaban J connectivity index is 1.12. The van der Waals surface area contributed by atoms with Crippen molar-refractivity contribution in [3.63, 3.8) is 0 Å². The van der Waals surface area contributed by atoms with Crippen LogP contribution >= 0.6 is 0 Å². The number of piperazine rings is 1. The van der Waals surface area contributed by atoms with E-state index in [-0.39, 0.29) is 5.91 Å². The van der Waals surface area contributed by atoms with E-state index in [9.17, 15) is 4.79 Å². The highest BCUT2D eigenvalue weighted by Crippen LogP contribution is 2.27. The molecule has 0 unspecified atom stereocenters. The molecule has 5 rings (SSSR count). The summed E-state index contributed by atoms with van der Waals surface area (Å²) in [6.07, 6.45) is 5.64. The Bertz CT molecular complexity index is 1140. The third kappa shape index (κ3) is 5.65. The Hall–Kier alpha value is -3.52. The number of anilines is 2. The Morgan fingerprint density at radius 3 is 2.28 bits per heavy atom. The number of aromatic amines is 1. The third-order valence-corrected chi connectivity index (χ3v) is 7.37. The molecular weight excluding hydrogens is 454 g/mol. The number of H-pyrrole nitrogens is 1. The van der Waals surface area contributed by atoms with E-state index in [1.54, 1.807) is 14.2 Å². The van der Waals surface area contributed by atoms with E-state index in [1.807, 2.05) is 48.5 Å². The molecule has 0 radical (unpaired) electrons. The fourth-order valence-corrected chi connectivity index (χ4v) is 4.95. The van der Waals surface area contributed by atoms with Gasteiger partial charge in [-0.05, 0) is 67.6 Å². The van der Waals surface area contributed by atoms with E-state index >= 15 is 0 Å². The minimum absolute atomic E-state index is 0.160. The lowest BCUT2D eigenvalue weighted by atomic mass is 9.91. The van der Waals surface area contributed by atoms with Crippen LogP contribution in [0.25, 0.3) is 0 Å². The Labute approximate surface area is 212 Å². The smallest absolute Gasteiger partial charge is 0.256 e. The van der Waals surface area contributed by atoms with Crippen LogP contribution in [-0.4, -0.2) is 67.4 Å². The number of aryl methyl sites for hydroxylation is 2. The first-order valence-electron chi connectivity index (χ1n) is 12.8. The van der Waals surface area contributed by atoms with Gasteiger partial charge in [0.1, 0.15) is 11.5 Å². The minimum atomic E-state index is -0.160. The Morgan fingerprint density at radius 1 is 0.972 bits per heavy atom. The van der Waals surface area contributed by atoms with Crippen LogP contribution in [-0.2, 0) is 12.8 Å². The predicted octanol–water partition coefficient (Wildman–Crippen LogP) is 4.14. The van der Waals surface area contributed by atoms with Crippen molar-refractivity contribution in [1.29, 1.82) is 0 Å². The number of carbonyl (C=O) groups excluding carboxylic acids is 1. The van der Waals surface area contributed by atoms with Gasteiger partial charge in [-0.15, -0.1) is 0 Å². The maximum absolute atomic E-state index is 12.8. The molecular formula is C28H35N5O3. The molecule has 1 aliphatic heterocycles. The lowest BCUT2D eigenvalue weighted by Crippen LogP contribution is -2.52. The van der Waals surface area contributed by atoms with Gasteiger partial charge < -0.3 is 19.7 Å². The second-order valence-electron chi connectivity index (χ2n) is 9.61. The molecule has 2 N–H and O–H groups in total. The van der Waals surface area contributed by atoms with Gasteiger partial charge in [-0.2, -0.15) is 5.10 Å². The highest BCUT2D eigenvalue weighted by Gasteiger charge is 2.27. The highest BCUT2D eigenvalue weighted by molar-refractivity contribution is 6.03. The standard InChI is InChI=1S/C28H35N5O3/c1-35-25-16-20(17-26(19-25)36-2)6-9-22-18-27(31-30-22)29-28(34)21-7-10-24(11-8-21)33-14-12-32(13-15-33)23-4-3-5-23/h7-8,10-11,16-19,23H,3-6,9,12-15H2,1-2H3,(H2,29,30,31,34). The fourth-order valence-electron chi connectivity index (χ4n) is 4.95. The number of ether oxygens (including phenoxy) is 2. The molecule has 0 spiro atoms. The molecule has 8 nitrogen and oxygen atoms in total. The normalized spacial score (nSPS) is 16.4. The molecule has 0 atom stereocenters. The quantitative estimate of drug-likeness (QED) is 0.470. The van der Waals surface area contributed by atoms with Crippen molar-refractivity contribution in [1.82, 2.24) is 15.1 Å². The van der Waals surface area contributed by atoms with Crippen LogP contribution in [0.4, 0.5) is 11.5 Å². The second kappa shape index (κ2) is 11.0. The third-order valence-electron chi connectivity index (χ3n) is 7.37. The summed E-state index contributed by atoms with van der Waals surface area (Å²) in [7, 11) is 3.29. The summed E-state index contributed by atoms with van der Waals surface area (Å²) in [6, 6.07) is 16.4. The van der Waals surface area contributed by atoms with Crippen LogP contribution in [0.3, 0.4) is 0 Å². The van der Waals surface area contributed by atoms with Crippen molar-refractivity contribution in [3.05, 3.63) is 65.4 Å². The summed E-state index contributed by atoms with van der Waals surface area (Å²) in [4.78, 5) is 17.8. The predicted molar refractivity (Wildman–Crippen MR) is 141 cm³/mol. The number of aromatic nitrogens is 2. The first-order chi connectivity index (χ1) is 17.6. The Kier molecular flexibility index (Phi) is 7.41. The fraction of sp³-hybridized carbons (Fsp3) is 0.429. The molecule has 0 bridgehead atoms. The van der Waals surface area contributed by atoms with E-state index in [4.69, 9.17) is 9.47 Å². The molecule has 1 aliphatic carbocycles. The number of hydrogen-bond donors (Lipinski definition) is 2. The number of methoxy groups -OCH3 is 2. The van der Waals surface area contributed by atoms with E-state index in [1.165, 1.54) is 24.9 Å². The zero-order valence-corrected chi connectivity index (χ0v) is 21.1. The molecule has 2 aromatic carbocycles. The van der Waals surface area contributed by atoms with Crippen LogP contribution < -0.4 is 19.7 Å². The molecule has 1 saturated carbocycles. The monoisotopic (exact) mass is 489 g/mol. The van der Waals surface area contributed by atoms with Crippen LogP contribution in [0, 0.1) is 0 Å². The molecule has 36 heavy (non-hydrogen) atoms. The zero-order chi connectivity index (χ0) is 24.9. The molecule has 2 fully saturated rings. The van der Waals surface area contributed by atoms with Gasteiger partial charge in [0.25, 0.3) is 5.91 Å². The van der Waals surface area contributed by atoms with Crippen LogP contribution in [0.2, 0.25) is 0 Å². The van der Waals surface area contributed by atoms with Crippen molar-refractivity contribution in [2.75, 3.05) is 50.6 Å².